The molecular weight excluding hydrogens is 252 g/mol. The van der Waals surface area contributed by atoms with Gasteiger partial charge < -0.3 is 10.2 Å². The summed E-state index contributed by atoms with van der Waals surface area (Å²) in [6, 6.07) is 0. The summed E-state index contributed by atoms with van der Waals surface area (Å²) in [7, 11) is 0. The number of aliphatic hydroxyl groups is 2. The predicted molar refractivity (Wildman–Crippen MR) is 77.1 cm³/mol. The molecule has 2 fully saturated rings. The Morgan fingerprint density at radius 1 is 1.35 bits per heavy atom. The zero-order chi connectivity index (χ0) is 14.5. The number of hydrogen-bond acceptors (Lipinski definition) is 3. The van der Waals surface area contributed by atoms with Crippen molar-refractivity contribution in [3.05, 3.63) is 11.6 Å². The van der Waals surface area contributed by atoms with Gasteiger partial charge in [-0.2, -0.15) is 0 Å². The smallest absolute Gasteiger partial charge is 0.155 e. The van der Waals surface area contributed by atoms with Crippen molar-refractivity contribution in [2.45, 2.75) is 58.5 Å². The molecule has 0 aromatic rings. The van der Waals surface area contributed by atoms with Crippen LogP contribution in [0.1, 0.15) is 52.4 Å². The second kappa shape index (κ2) is 4.67. The van der Waals surface area contributed by atoms with E-state index in [-0.39, 0.29) is 23.2 Å². The third kappa shape index (κ3) is 1.90. The molecule has 2 saturated carbocycles. The van der Waals surface area contributed by atoms with Gasteiger partial charge in [0.15, 0.2) is 5.78 Å². The van der Waals surface area contributed by atoms with Crippen molar-refractivity contribution >= 4 is 5.78 Å². The van der Waals surface area contributed by atoms with Crippen molar-refractivity contribution in [2.24, 2.45) is 22.7 Å². The Morgan fingerprint density at radius 3 is 2.80 bits per heavy atom. The lowest BCUT2D eigenvalue weighted by Crippen LogP contribution is -2.55. The summed E-state index contributed by atoms with van der Waals surface area (Å²) in [6.07, 6.45) is 6.73. The quantitative estimate of drug-likeness (QED) is 0.774. The van der Waals surface area contributed by atoms with Crippen LogP contribution in [-0.4, -0.2) is 28.7 Å². The first-order valence-electron chi connectivity index (χ1n) is 7.94. The monoisotopic (exact) mass is 278 g/mol. The molecule has 0 heterocycles. The molecule has 0 unspecified atom stereocenters. The van der Waals surface area contributed by atoms with Crippen molar-refractivity contribution in [3.63, 3.8) is 0 Å². The molecule has 3 rings (SSSR count). The molecule has 3 aliphatic rings. The Balaban J connectivity index is 2.03. The molecule has 2 N–H and O–H groups in total. The molecule has 0 aromatic carbocycles. The highest BCUT2D eigenvalue weighted by Gasteiger charge is 2.57. The van der Waals surface area contributed by atoms with Gasteiger partial charge in [-0.15, -0.1) is 0 Å². The van der Waals surface area contributed by atoms with Crippen LogP contribution in [0.15, 0.2) is 11.6 Å². The van der Waals surface area contributed by atoms with Crippen LogP contribution in [0, 0.1) is 22.7 Å². The Morgan fingerprint density at radius 2 is 2.10 bits per heavy atom. The van der Waals surface area contributed by atoms with Crippen molar-refractivity contribution in [1.29, 1.82) is 0 Å². The van der Waals surface area contributed by atoms with E-state index in [0.717, 1.165) is 31.3 Å². The van der Waals surface area contributed by atoms with E-state index in [1.54, 1.807) is 6.08 Å². The zero-order valence-corrected chi connectivity index (χ0v) is 12.6. The third-order valence-corrected chi connectivity index (χ3v) is 6.51. The van der Waals surface area contributed by atoms with E-state index in [2.05, 4.69) is 13.8 Å². The summed E-state index contributed by atoms with van der Waals surface area (Å²) in [5, 5.41) is 20.4. The lowest BCUT2D eigenvalue weighted by Gasteiger charge is -2.60. The Bertz CT molecular complexity index is 455. The average molecular weight is 278 g/mol. The molecular formula is C17H26O3. The van der Waals surface area contributed by atoms with Gasteiger partial charge >= 0.3 is 0 Å². The van der Waals surface area contributed by atoms with Crippen LogP contribution in [0.5, 0.6) is 0 Å². The summed E-state index contributed by atoms with van der Waals surface area (Å²) < 4.78 is 0. The second-order valence-electron chi connectivity index (χ2n) is 7.68. The van der Waals surface area contributed by atoms with Gasteiger partial charge in [-0.05, 0) is 60.0 Å². The normalized spacial score (nSPS) is 48.3. The maximum Gasteiger partial charge on any atom is 0.155 e. The minimum absolute atomic E-state index is 0.0824. The molecule has 0 bridgehead atoms. The first-order chi connectivity index (χ1) is 9.40. The van der Waals surface area contributed by atoms with Crippen LogP contribution in [0.3, 0.4) is 0 Å². The number of carbonyl (C=O) groups is 1. The minimum Gasteiger partial charge on any atom is -0.396 e. The van der Waals surface area contributed by atoms with Gasteiger partial charge in [-0.1, -0.05) is 20.3 Å². The molecule has 0 amide bonds. The fraction of sp³-hybridized carbons (Fsp3) is 0.824. The van der Waals surface area contributed by atoms with Crippen molar-refractivity contribution in [2.75, 3.05) is 6.61 Å². The van der Waals surface area contributed by atoms with Crippen LogP contribution in [-0.2, 0) is 4.79 Å². The van der Waals surface area contributed by atoms with Crippen LogP contribution >= 0.6 is 0 Å². The molecule has 0 aromatic heterocycles. The summed E-state index contributed by atoms with van der Waals surface area (Å²) in [4.78, 5) is 11.7. The Kier molecular flexibility index (Phi) is 3.33. The molecule has 3 aliphatic carbocycles. The lowest BCUT2D eigenvalue weighted by molar-refractivity contribution is -0.123. The van der Waals surface area contributed by atoms with Gasteiger partial charge in [0.2, 0.25) is 0 Å². The number of ketones is 1. The predicted octanol–water partition coefficient (Wildman–Crippen LogP) is 2.46. The number of carbonyl (C=O) groups excluding carboxylic acids is 1. The Hall–Kier alpha value is -0.670. The minimum atomic E-state index is -0.494. The fourth-order valence-corrected chi connectivity index (χ4v) is 5.39. The van der Waals surface area contributed by atoms with E-state index in [4.69, 9.17) is 0 Å². The molecule has 3 nitrogen and oxygen atoms in total. The molecule has 112 valence electrons. The maximum atomic E-state index is 11.7. The topological polar surface area (TPSA) is 57.5 Å². The van der Waals surface area contributed by atoms with Gasteiger partial charge in [0.05, 0.1) is 6.10 Å². The number of fused-ring (bicyclic) bond motifs is 3. The summed E-state index contributed by atoms with van der Waals surface area (Å²) in [6.45, 7) is 4.69. The molecule has 20 heavy (non-hydrogen) atoms. The van der Waals surface area contributed by atoms with Crippen molar-refractivity contribution in [3.8, 4) is 0 Å². The highest BCUT2D eigenvalue weighted by molar-refractivity contribution is 5.91. The van der Waals surface area contributed by atoms with E-state index in [1.807, 2.05) is 0 Å². The van der Waals surface area contributed by atoms with E-state index in [1.165, 1.54) is 0 Å². The molecule has 0 aliphatic heterocycles. The largest absolute Gasteiger partial charge is 0.396 e. The van der Waals surface area contributed by atoms with Crippen LogP contribution in [0.4, 0.5) is 0 Å². The summed E-state index contributed by atoms with van der Waals surface area (Å²) in [5.41, 5.74) is 1.02. The molecule has 5 atom stereocenters. The molecule has 0 spiro atoms. The maximum absolute atomic E-state index is 11.7. The Labute approximate surface area is 121 Å². The molecule has 0 saturated heterocycles. The molecule has 3 heteroatoms. The highest BCUT2D eigenvalue weighted by Crippen LogP contribution is 2.62. The number of aliphatic hydroxyl groups excluding tert-OH is 2. The number of rotatable bonds is 1. The first-order valence-corrected chi connectivity index (χ1v) is 7.94. The molecule has 0 radical (unpaired) electrons. The van der Waals surface area contributed by atoms with Gasteiger partial charge in [-0.25, -0.2) is 0 Å². The third-order valence-electron chi connectivity index (χ3n) is 6.51. The van der Waals surface area contributed by atoms with E-state index in [0.29, 0.717) is 24.7 Å². The summed E-state index contributed by atoms with van der Waals surface area (Å²) >= 11 is 0. The van der Waals surface area contributed by atoms with E-state index < -0.39 is 6.10 Å². The lowest BCUT2D eigenvalue weighted by atomic mass is 9.45. The van der Waals surface area contributed by atoms with E-state index >= 15 is 0 Å². The van der Waals surface area contributed by atoms with Gasteiger partial charge in [0, 0.05) is 13.0 Å². The van der Waals surface area contributed by atoms with Gasteiger partial charge in [0.1, 0.15) is 0 Å². The first kappa shape index (κ1) is 14.3. The van der Waals surface area contributed by atoms with Gasteiger partial charge in [0.25, 0.3) is 0 Å². The van der Waals surface area contributed by atoms with E-state index in [9.17, 15) is 15.0 Å². The number of allylic oxidation sites excluding steroid dienone is 1. The van der Waals surface area contributed by atoms with Crippen LogP contribution < -0.4 is 0 Å². The summed E-state index contributed by atoms with van der Waals surface area (Å²) in [5.74, 6) is 0.831. The average Bonchev–Trinajstić information content (AvgIpc) is 2.42. The SMILES string of the molecule is C[C@@]1(CO)CCC[C@]2(C)[C@H]3CCC(=O)C=C3[C@H](O)C[C@@H]12. The van der Waals surface area contributed by atoms with Gasteiger partial charge in [-0.3, -0.25) is 4.79 Å². The zero-order valence-electron chi connectivity index (χ0n) is 12.6. The standard InChI is InChI=1S/C17H26O3/c1-16(10-18)6-3-7-17(2)13-5-4-11(19)8-12(13)14(20)9-15(16)17/h8,13-15,18,20H,3-7,9-10H2,1-2H3/t13-,14+,15-,16-,17+/m0/s1. The second-order valence-corrected chi connectivity index (χ2v) is 7.68. The van der Waals surface area contributed by atoms with Crippen molar-refractivity contribution < 1.29 is 15.0 Å². The van der Waals surface area contributed by atoms with Crippen LogP contribution in [0.25, 0.3) is 0 Å². The van der Waals surface area contributed by atoms with Crippen molar-refractivity contribution in [1.82, 2.24) is 0 Å². The fourth-order valence-electron chi connectivity index (χ4n) is 5.39. The highest BCUT2D eigenvalue weighted by atomic mass is 16.3. The van der Waals surface area contributed by atoms with Crippen LogP contribution in [0.2, 0.25) is 0 Å². The number of hydrogen-bond donors (Lipinski definition) is 2.